The van der Waals surface area contributed by atoms with Crippen LogP contribution in [-0.4, -0.2) is 236 Å². The van der Waals surface area contributed by atoms with Crippen LogP contribution in [0.3, 0.4) is 0 Å². The SMILES string of the molecule is CC(=O)[C@H](CCCN=C(N)N)CC(=O)C(C)(C)NCC(=O)C(C)(C)CCC(=O)C(C)(C)CC(=O)[C@@H](N)Cc1cnc[nH]1.CCCCCCCCCCCC(=O)NCCOCCOCC(=O)C[C@@H](CCCCNC(=O)COCCOCCNC(=O)CCCCCCCCCCC)C(=O)NCCOCCOCC(=O)NCCCC[C@H](NC)C(N)=O. The van der Waals surface area contributed by atoms with Gasteiger partial charge in [-0.15, -0.1) is 0 Å². The fraction of sp³-hybridized carbons (Fsp3) is 0.814. The number of aliphatic imine (C=N–C) groups is 1. The Balaban J connectivity index is 0.00000274. The number of primary amides is 1. The number of nitrogens with one attached hydrogen (secondary N) is 8. The van der Waals surface area contributed by atoms with Crippen LogP contribution in [0, 0.1) is 22.7 Å². The Morgan fingerprint density at radius 1 is 0.483 bits per heavy atom. The van der Waals surface area contributed by atoms with Gasteiger partial charge in [0.05, 0.1) is 90.0 Å². The highest BCUT2D eigenvalue weighted by Gasteiger charge is 2.37. The molecule has 16 N–H and O–H groups in total. The van der Waals surface area contributed by atoms with E-state index in [9.17, 15) is 57.5 Å². The molecule has 0 saturated carbocycles. The maximum absolute atomic E-state index is 13.3. The molecule has 6 amide bonds. The van der Waals surface area contributed by atoms with Crippen molar-refractivity contribution in [3.8, 4) is 0 Å². The summed E-state index contributed by atoms with van der Waals surface area (Å²) in [6.07, 6.45) is 31.3. The normalized spacial score (nSPS) is 12.6. The lowest BCUT2D eigenvalue weighted by Gasteiger charge is -2.30. The number of nitrogens with two attached hydrogens (primary N) is 4. The minimum Gasteiger partial charge on any atom is -0.377 e. The molecule has 0 fully saturated rings. The Kier molecular flexibility index (Phi) is 66.4. The van der Waals surface area contributed by atoms with Gasteiger partial charge in [-0.25, -0.2) is 4.98 Å². The minimum atomic E-state index is -1.04. The molecule has 32 heteroatoms. The number of hydrogen-bond donors (Lipinski definition) is 12. The van der Waals surface area contributed by atoms with Crippen LogP contribution in [0.2, 0.25) is 0 Å². The van der Waals surface area contributed by atoms with Gasteiger partial charge in [0.2, 0.25) is 35.4 Å². The second-order valence-electron chi connectivity index (χ2n) is 32.5. The molecule has 0 unspecified atom stereocenters. The molecule has 4 atom stereocenters. The maximum Gasteiger partial charge on any atom is 0.245 e. The third-order valence-corrected chi connectivity index (χ3v) is 20.5. The monoisotopic (exact) mass is 1680 g/mol. The molecule has 0 aliphatic heterocycles. The zero-order valence-corrected chi connectivity index (χ0v) is 74.0. The lowest BCUT2D eigenvalue weighted by Crippen LogP contribution is -2.51. The van der Waals surface area contributed by atoms with E-state index in [1.165, 1.54) is 103 Å². The Morgan fingerprint density at radius 2 is 0.941 bits per heavy atom. The van der Waals surface area contributed by atoms with Gasteiger partial charge >= 0.3 is 0 Å². The predicted octanol–water partition coefficient (Wildman–Crippen LogP) is 7.29. The number of ketones is 6. The molecular formula is C86H158N14O18. The van der Waals surface area contributed by atoms with Gasteiger partial charge < -0.3 is 88.2 Å². The summed E-state index contributed by atoms with van der Waals surface area (Å²) >= 11 is 0. The van der Waals surface area contributed by atoms with Crippen LogP contribution in [0.25, 0.3) is 0 Å². The fourth-order valence-corrected chi connectivity index (χ4v) is 12.5. The van der Waals surface area contributed by atoms with Crippen molar-refractivity contribution in [2.24, 2.45) is 50.6 Å². The number of rotatable bonds is 80. The number of aromatic amines is 1. The third-order valence-electron chi connectivity index (χ3n) is 20.5. The van der Waals surface area contributed by atoms with E-state index in [1.807, 2.05) is 0 Å². The maximum atomic E-state index is 13.3. The second kappa shape index (κ2) is 70.6. The number of hydrogen-bond acceptors (Lipinski definition) is 23. The van der Waals surface area contributed by atoms with Crippen LogP contribution in [-0.2, 0) is 92.4 Å². The number of imidazole rings is 1. The van der Waals surface area contributed by atoms with Crippen molar-refractivity contribution in [1.29, 1.82) is 0 Å². The van der Waals surface area contributed by atoms with Gasteiger partial charge in [-0.3, -0.25) is 67.8 Å². The predicted molar refractivity (Wildman–Crippen MR) is 459 cm³/mol. The van der Waals surface area contributed by atoms with E-state index in [4.69, 9.17) is 51.4 Å². The molecule has 680 valence electrons. The lowest BCUT2D eigenvalue weighted by molar-refractivity contribution is -0.134. The molecule has 0 aliphatic rings. The van der Waals surface area contributed by atoms with Gasteiger partial charge in [0, 0.05) is 119 Å². The Bertz CT molecular complexity index is 2950. The molecule has 1 heterocycles. The Labute approximate surface area is 705 Å². The standard InChI is InChI=1S/C56H107N7O13.C30H51N7O5/c1-4-6-8-10-12-14-16-18-20-28-51(65)61-32-35-71-38-41-74-45-49(64)44-48(56(70)63-34-37-73-40-43-76-47-54(68)60-31-25-23-27-50(58-3)55(57)69)26-22-24-30-59-53(67)46-75-42-39-72-36-33-62-52(66)29-21-19-17-15-13-11-9-7-5-2;1-19(38)20(9-8-12-35-27(32)33)13-25(41)30(6,7)37-17-26(42)28(2,3)11-10-24(40)29(4,5)15-23(39)22(31)14-21-16-34-18-36-21/h48,50,58H,4-47H2,1-3H3,(H2,57,69)(H,59,67)(H,60,68)(H,61,65)(H,62,66)(H,63,70);16,18,20,22,37H,8-15,17,31H2,1-7H3,(H,34,36)(H4,32,33,35)/t48-,50+;20-,22+/m11/s1. The highest BCUT2D eigenvalue weighted by molar-refractivity contribution is 5.95. The first kappa shape index (κ1) is 111. The number of amides is 6. The average molecular weight is 1680 g/mol. The topological polar surface area (TPSA) is 490 Å². The fourth-order valence-electron chi connectivity index (χ4n) is 12.5. The molecule has 1 aromatic rings. The van der Waals surface area contributed by atoms with E-state index in [2.05, 4.69) is 66.0 Å². The number of guanidine groups is 1. The molecule has 0 saturated heterocycles. The van der Waals surface area contributed by atoms with Gasteiger partial charge in [0.1, 0.15) is 31.4 Å². The van der Waals surface area contributed by atoms with E-state index in [-0.39, 0.29) is 174 Å². The summed E-state index contributed by atoms with van der Waals surface area (Å²) in [6.45, 7) is 20.3. The first-order valence-electron chi connectivity index (χ1n) is 43.8. The minimum absolute atomic E-state index is 0.00289. The third kappa shape index (κ3) is 62.1. The van der Waals surface area contributed by atoms with E-state index >= 15 is 0 Å². The first-order valence-corrected chi connectivity index (χ1v) is 43.8. The van der Waals surface area contributed by atoms with Crippen LogP contribution < -0.4 is 60.2 Å². The summed E-state index contributed by atoms with van der Waals surface area (Å²) in [5.41, 5.74) is 20.0. The smallest absolute Gasteiger partial charge is 0.245 e. The number of ether oxygens (including phenoxy) is 6. The Morgan fingerprint density at radius 3 is 1.41 bits per heavy atom. The molecule has 0 bridgehead atoms. The highest BCUT2D eigenvalue weighted by atomic mass is 16.5. The molecular weight excluding hydrogens is 1520 g/mol. The number of unbranched alkanes of at least 4 members (excludes halogenated alkanes) is 18. The van der Waals surface area contributed by atoms with Crippen LogP contribution in [0.1, 0.15) is 280 Å². The number of carbonyl (C=O) groups excluding carboxylic acids is 12. The largest absolute Gasteiger partial charge is 0.377 e. The number of H-pyrrole nitrogens is 1. The summed E-state index contributed by atoms with van der Waals surface area (Å²) in [4.78, 5) is 161. The number of likely N-dealkylation sites (N-methyl/N-ethyl adjacent to an activating group) is 1. The average Bonchev–Trinajstić information content (AvgIpc) is 0.905. The highest BCUT2D eigenvalue weighted by Crippen LogP contribution is 2.31. The number of aromatic nitrogens is 2. The molecule has 1 aromatic heterocycles. The van der Waals surface area contributed by atoms with Gasteiger partial charge in [0.25, 0.3) is 0 Å². The molecule has 0 spiro atoms. The van der Waals surface area contributed by atoms with Crippen LogP contribution in [0.4, 0.5) is 0 Å². The van der Waals surface area contributed by atoms with Gasteiger partial charge in [-0.2, -0.15) is 0 Å². The van der Waals surface area contributed by atoms with E-state index in [0.29, 0.717) is 123 Å². The van der Waals surface area contributed by atoms with Gasteiger partial charge in [-0.05, 0) is 92.0 Å². The Hall–Kier alpha value is -7.04. The van der Waals surface area contributed by atoms with Crippen LogP contribution >= 0.6 is 0 Å². The van der Waals surface area contributed by atoms with E-state index < -0.39 is 40.2 Å². The van der Waals surface area contributed by atoms with Crippen LogP contribution in [0.15, 0.2) is 17.5 Å². The summed E-state index contributed by atoms with van der Waals surface area (Å²) in [5.74, 6) is -3.23. The van der Waals surface area contributed by atoms with Crippen molar-refractivity contribution in [1.82, 2.24) is 47.2 Å². The van der Waals surface area contributed by atoms with Crippen molar-refractivity contribution in [2.75, 3.05) is 132 Å². The molecule has 0 radical (unpaired) electrons. The van der Waals surface area contributed by atoms with Crippen molar-refractivity contribution >= 4 is 76.1 Å². The molecule has 118 heavy (non-hydrogen) atoms. The van der Waals surface area contributed by atoms with Gasteiger partial charge in [0.15, 0.2) is 29.1 Å². The summed E-state index contributed by atoms with van der Waals surface area (Å²) in [5, 5.41) is 20.1. The number of carbonyl (C=O) groups is 12. The zero-order valence-electron chi connectivity index (χ0n) is 74.0. The number of Topliss-reactive ketones (excluding diaryl/α,β-unsaturated/α-hetero) is 6. The van der Waals surface area contributed by atoms with Gasteiger partial charge in [-0.1, -0.05) is 151 Å². The van der Waals surface area contributed by atoms with Crippen molar-refractivity contribution in [3.63, 3.8) is 0 Å². The van der Waals surface area contributed by atoms with Crippen molar-refractivity contribution in [2.45, 2.75) is 298 Å². The molecule has 0 aromatic carbocycles. The molecule has 0 aliphatic carbocycles. The zero-order chi connectivity index (χ0) is 88.1. The lowest BCUT2D eigenvalue weighted by atomic mass is 9.75. The summed E-state index contributed by atoms with van der Waals surface area (Å²) in [6, 6.07) is -1.14. The molecule has 32 nitrogen and oxygen atoms in total. The summed E-state index contributed by atoms with van der Waals surface area (Å²) in [7, 11) is 1.68. The quantitative estimate of drug-likeness (QED) is 0.0173. The van der Waals surface area contributed by atoms with E-state index in [0.717, 1.165) is 37.8 Å². The summed E-state index contributed by atoms with van der Waals surface area (Å²) < 4.78 is 33.0. The van der Waals surface area contributed by atoms with Crippen molar-refractivity contribution in [3.05, 3.63) is 18.2 Å². The van der Waals surface area contributed by atoms with Crippen LogP contribution in [0.5, 0.6) is 0 Å². The second-order valence-corrected chi connectivity index (χ2v) is 32.5. The van der Waals surface area contributed by atoms with Crippen molar-refractivity contribution < 1.29 is 86.0 Å². The van der Waals surface area contributed by atoms with E-state index in [1.54, 1.807) is 54.8 Å². The molecule has 1 rings (SSSR count). The number of nitrogens with zero attached hydrogens (tertiary/aromatic N) is 2. The first-order chi connectivity index (χ1) is 56.3.